The molecule has 0 fully saturated rings. The van der Waals surface area contributed by atoms with E-state index in [4.69, 9.17) is 11.6 Å². The van der Waals surface area contributed by atoms with Gasteiger partial charge in [0.25, 0.3) is 5.91 Å². The van der Waals surface area contributed by atoms with E-state index in [-0.39, 0.29) is 5.91 Å². The van der Waals surface area contributed by atoms with Crippen molar-refractivity contribution in [2.24, 2.45) is 0 Å². The molecule has 0 spiro atoms. The smallest absolute Gasteiger partial charge is 0.273 e. The highest BCUT2D eigenvalue weighted by molar-refractivity contribution is 6.32. The maximum atomic E-state index is 12.4. The number of hydrogen-bond acceptors (Lipinski definition) is 3. The van der Waals surface area contributed by atoms with E-state index in [1.807, 2.05) is 56.4 Å². The van der Waals surface area contributed by atoms with Crippen molar-refractivity contribution in [2.75, 3.05) is 19.4 Å². The molecule has 25 heavy (non-hydrogen) atoms. The monoisotopic (exact) mass is 357 g/mol. The number of amides is 1. The third kappa shape index (κ3) is 3.92. The first-order valence-corrected chi connectivity index (χ1v) is 8.27. The molecule has 6 nitrogen and oxygen atoms in total. The van der Waals surface area contributed by atoms with Gasteiger partial charge in [0.05, 0.1) is 10.7 Å². The Labute approximate surface area is 151 Å². The maximum Gasteiger partial charge on any atom is 0.273 e. The van der Waals surface area contributed by atoms with Crippen LogP contribution in [0.5, 0.6) is 0 Å². The van der Waals surface area contributed by atoms with Crippen molar-refractivity contribution in [1.82, 2.24) is 19.7 Å². The van der Waals surface area contributed by atoms with Crippen LogP contribution >= 0.6 is 11.6 Å². The summed E-state index contributed by atoms with van der Waals surface area (Å²) in [5, 5.41) is 7.88. The van der Waals surface area contributed by atoms with Crippen molar-refractivity contribution in [3.05, 3.63) is 64.6 Å². The molecule has 0 atom stereocenters. The van der Waals surface area contributed by atoms with Gasteiger partial charge in [0.1, 0.15) is 5.69 Å². The first-order chi connectivity index (χ1) is 11.9. The quantitative estimate of drug-likeness (QED) is 0.734. The van der Waals surface area contributed by atoms with E-state index in [1.165, 1.54) is 0 Å². The average Bonchev–Trinajstić information content (AvgIpc) is 3.15. The lowest BCUT2D eigenvalue weighted by Crippen LogP contribution is -2.15. The highest BCUT2D eigenvalue weighted by atomic mass is 35.5. The minimum atomic E-state index is -0.225. The summed E-state index contributed by atoms with van der Waals surface area (Å²) >= 11 is 6.21. The SMILES string of the molecule is Cc1cn(-c2ccccc2Cl)nc1NC(=O)c1ccc(CN(C)C)[nH]1. The number of anilines is 1. The molecule has 2 N–H and O–H groups in total. The van der Waals surface area contributed by atoms with Gasteiger partial charge in [-0.2, -0.15) is 0 Å². The number of benzene rings is 1. The van der Waals surface area contributed by atoms with Crippen molar-refractivity contribution >= 4 is 23.3 Å². The van der Waals surface area contributed by atoms with Gasteiger partial charge in [-0.15, -0.1) is 5.10 Å². The predicted octanol–water partition coefficient (Wildman–Crippen LogP) is 3.48. The molecule has 0 aliphatic carbocycles. The number of aromatic nitrogens is 3. The summed E-state index contributed by atoms with van der Waals surface area (Å²) in [4.78, 5) is 17.6. The fourth-order valence-electron chi connectivity index (χ4n) is 2.53. The summed E-state index contributed by atoms with van der Waals surface area (Å²) in [5.41, 5.74) is 3.10. The van der Waals surface area contributed by atoms with Gasteiger partial charge in [0, 0.05) is 24.0 Å². The second kappa shape index (κ2) is 7.13. The molecule has 0 bridgehead atoms. The van der Waals surface area contributed by atoms with Gasteiger partial charge >= 0.3 is 0 Å². The predicted molar refractivity (Wildman–Crippen MR) is 99.4 cm³/mol. The summed E-state index contributed by atoms with van der Waals surface area (Å²) in [6, 6.07) is 11.1. The first-order valence-electron chi connectivity index (χ1n) is 7.89. The molecule has 3 aromatic rings. The molecule has 1 aromatic carbocycles. The van der Waals surface area contributed by atoms with Gasteiger partial charge < -0.3 is 15.2 Å². The Balaban J connectivity index is 1.78. The normalized spacial score (nSPS) is 11.1. The van der Waals surface area contributed by atoms with Crippen molar-refractivity contribution in [3.63, 3.8) is 0 Å². The van der Waals surface area contributed by atoms with Gasteiger partial charge in [-0.25, -0.2) is 4.68 Å². The molecular formula is C18H20ClN5O. The second-order valence-electron chi connectivity index (χ2n) is 6.15. The zero-order chi connectivity index (χ0) is 18.0. The fourth-order valence-corrected chi connectivity index (χ4v) is 2.75. The maximum absolute atomic E-state index is 12.4. The van der Waals surface area contributed by atoms with Crippen LogP contribution in [0.1, 0.15) is 21.7 Å². The fraction of sp³-hybridized carbons (Fsp3) is 0.222. The average molecular weight is 358 g/mol. The van der Waals surface area contributed by atoms with Crippen LogP contribution in [0.25, 0.3) is 5.69 Å². The number of hydrogen-bond donors (Lipinski definition) is 2. The second-order valence-corrected chi connectivity index (χ2v) is 6.55. The van der Waals surface area contributed by atoms with Crippen LogP contribution in [-0.4, -0.2) is 39.7 Å². The standard InChI is InChI=1S/C18H20ClN5O/c1-12-10-24(16-7-5-4-6-14(16)19)22-17(12)21-18(25)15-9-8-13(20-15)11-23(2)3/h4-10,20H,11H2,1-3H3,(H,21,22,25). The molecule has 130 valence electrons. The number of nitrogens with zero attached hydrogens (tertiary/aromatic N) is 3. The Morgan fingerprint density at radius 3 is 2.76 bits per heavy atom. The number of nitrogens with one attached hydrogen (secondary N) is 2. The molecule has 0 saturated heterocycles. The van der Waals surface area contributed by atoms with Crippen LogP contribution in [0.3, 0.4) is 0 Å². The van der Waals surface area contributed by atoms with E-state index in [9.17, 15) is 4.79 Å². The topological polar surface area (TPSA) is 66.0 Å². The summed E-state index contributed by atoms with van der Waals surface area (Å²) < 4.78 is 1.67. The molecule has 2 heterocycles. The minimum Gasteiger partial charge on any atom is -0.353 e. The van der Waals surface area contributed by atoms with Crippen molar-refractivity contribution in [2.45, 2.75) is 13.5 Å². The molecule has 1 amide bonds. The van der Waals surface area contributed by atoms with Crippen molar-refractivity contribution < 1.29 is 4.79 Å². The summed E-state index contributed by atoms with van der Waals surface area (Å²) in [6.45, 7) is 2.63. The highest BCUT2D eigenvalue weighted by Gasteiger charge is 2.14. The van der Waals surface area contributed by atoms with E-state index in [0.29, 0.717) is 16.5 Å². The van der Waals surface area contributed by atoms with Crippen LogP contribution in [0.15, 0.2) is 42.6 Å². The summed E-state index contributed by atoms with van der Waals surface area (Å²) in [6.07, 6.45) is 1.84. The van der Waals surface area contributed by atoms with Gasteiger partial charge in [-0.05, 0) is 45.3 Å². The number of halogens is 1. The Morgan fingerprint density at radius 1 is 1.28 bits per heavy atom. The Kier molecular flexibility index (Phi) is 4.92. The molecule has 0 aliphatic heterocycles. The van der Waals surface area contributed by atoms with Gasteiger partial charge in [-0.3, -0.25) is 4.79 Å². The summed E-state index contributed by atoms with van der Waals surface area (Å²) in [5.74, 6) is 0.284. The Hall–Kier alpha value is -2.57. The van der Waals surface area contributed by atoms with E-state index in [2.05, 4.69) is 15.4 Å². The van der Waals surface area contributed by atoms with E-state index in [1.54, 1.807) is 16.8 Å². The lowest BCUT2D eigenvalue weighted by atomic mass is 10.3. The third-order valence-corrected chi connectivity index (χ3v) is 4.03. The van der Waals surface area contributed by atoms with Crippen LogP contribution in [0, 0.1) is 6.92 Å². The van der Waals surface area contributed by atoms with Gasteiger partial charge in [-0.1, -0.05) is 23.7 Å². The van der Waals surface area contributed by atoms with Crippen molar-refractivity contribution in [3.8, 4) is 5.69 Å². The molecule has 0 unspecified atom stereocenters. The molecule has 7 heteroatoms. The lowest BCUT2D eigenvalue weighted by Gasteiger charge is -2.07. The summed E-state index contributed by atoms with van der Waals surface area (Å²) in [7, 11) is 3.95. The highest BCUT2D eigenvalue weighted by Crippen LogP contribution is 2.22. The van der Waals surface area contributed by atoms with Gasteiger partial charge in [0.2, 0.25) is 0 Å². The van der Waals surface area contributed by atoms with Crippen LogP contribution in [0.2, 0.25) is 5.02 Å². The largest absolute Gasteiger partial charge is 0.353 e. The molecule has 2 aromatic heterocycles. The zero-order valence-corrected chi connectivity index (χ0v) is 15.1. The Morgan fingerprint density at radius 2 is 2.04 bits per heavy atom. The van der Waals surface area contributed by atoms with E-state index < -0.39 is 0 Å². The van der Waals surface area contributed by atoms with Gasteiger partial charge in [0.15, 0.2) is 5.82 Å². The van der Waals surface area contributed by atoms with Crippen LogP contribution < -0.4 is 5.32 Å². The minimum absolute atomic E-state index is 0.225. The molecule has 0 aliphatic rings. The molecule has 0 saturated carbocycles. The number of carbonyl (C=O) groups is 1. The van der Waals surface area contributed by atoms with E-state index >= 15 is 0 Å². The number of para-hydroxylation sites is 1. The molecular weight excluding hydrogens is 338 g/mol. The molecule has 3 rings (SSSR count). The zero-order valence-electron chi connectivity index (χ0n) is 14.4. The first kappa shape index (κ1) is 17.3. The van der Waals surface area contributed by atoms with Crippen LogP contribution in [-0.2, 0) is 6.54 Å². The Bertz CT molecular complexity index is 897. The number of aromatic amines is 1. The van der Waals surface area contributed by atoms with E-state index in [0.717, 1.165) is 23.5 Å². The third-order valence-electron chi connectivity index (χ3n) is 3.71. The number of aryl methyl sites for hydroxylation is 1. The number of rotatable bonds is 5. The van der Waals surface area contributed by atoms with Crippen LogP contribution in [0.4, 0.5) is 5.82 Å². The lowest BCUT2D eigenvalue weighted by molar-refractivity contribution is 0.102. The number of H-pyrrole nitrogens is 1. The molecule has 0 radical (unpaired) electrons. The number of carbonyl (C=O) groups excluding carboxylic acids is 1. The van der Waals surface area contributed by atoms with Crippen molar-refractivity contribution in [1.29, 1.82) is 0 Å².